The quantitative estimate of drug-likeness (QED) is 0.394. The molecule has 0 radical (unpaired) electrons. The van der Waals surface area contributed by atoms with Gasteiger partial charge in [-0.25, -0.2) is 0 Å². The van der Waals surface area contributed by atoms with Crippen LogP contribution in [0.3, 0.4) is 0 Å². The second-order valence-electron chi connectivity index (χ2n) is 6.81. The van der Waals surface area contributed by atoms with Crippen molar-refractivity contribution < 1.29 is 0 Å². The topological polar surface area (TPSA) is 15.8 Å². The number of aryl methyl sites for hydroxylation is 1. The summed E-state index contributed by atoms with van der Waals surface area (Å²) in [6.07, 6.45) is 6.65. The molecule has 4 aromatic rings. The van der Waals surface area contributed by atoms with Crippen LogP contribution in [0.25, 0.3) is 39.2 Å². The summed E-state index contributed by atoms with van der Waals surface area (Å²) in [5.41, 5.74) is 8.56. The van der Waals surface area contributed by atoms with E-state index in [0.29, 0.717) is 0 Å². The van der Waals surface area contributed by atoms with Crippen LogP contribution in [0.15, 0.2) is 72.8 Å². The van der Waals surface area contributed by atoms with E-state index < -0.39 is 0 Å². The van der Waals surface area contributed by atoms with Crippen LogP contribution in [0.5, 0.6) is 0 Å². The molecule has 0 spiro atoms. The van der Waals surface area contributed by atoms with Gasteiger partial charge >= 0.3 is 0 Å². The Morgan fingerprint density at radius 3 is 2.42 bits per heavy atom. The fourth-order valence-corrected chi connectivity index (χ4v) is 4.08. The van der Waals surface area contributed by atoms with Gasteiger partial charge < -0.3 is 4.98 Å². The van der Waals surface area contributed by atoms with Gasteiger partial charge in [0.1, 0.15) is 0 Å². The zero-order chi connectivity index (χ0) is 17.5. The lowest BCUT2D eigenvalue weighted by Gasteiger charge is -2.09. The summed E-state index contributed by atoms with van der Waals surface area (Å²) in [5.74, 6) is 0. The Morgan fingerprint density at radius 1 is 0.769 bits per heavy atom. The molecular formula is C24H18ClN. The summed E-state index contributed by atoms with van der Waals surface area (Å²) < 4.78 is 0. The Kier molecular flexibility index (Phi) is 3.69. The highest BCUT2D eigenvalue weighted by atomic mass is 35.5. The predicted octanol–water partition coefficient (Wildman–Crippen LogP) is 7.11. The van der Waals surface area contributed by atoms with Crippen molar-refractivity contribution in [2.75, 3.05) is 0 Å². The molecule has 1 N–H and O–H groups in total. The van der Waals surface area contributed by atoms with Gasteiger partial charge in [0.15, 0.2) is 0 Å². The van der Waals surface area contributed by atoms with E-state index in [1.165, 1.54) is 33.3 Å². The average molecular weight is 356 g/mol. The highest BCUT2D eigenvalue weighted by Gasteiger charge is 2.13. The van der Waals surface area contributed by atoms with Crippen molar-refractivity contribution >= 4 is 28.6 Å². The first-order chi connectivity index (χ1) is 12.8. The van der Waals surface area contributed by atoms with Crippen molar-refractivity contribution in [2.24, 2.45) is 0 Å². The van der Waals surface area contributed by atoms with Gasteiger partial charge in [-0.3, -0.25) is 0 Å². The number of halogens is 1. The fourth-order valence-electron chi connectivity index (χ4n) is 3.84. The first-order valence-corrected chi connectivity index (χ1v) is 9.33. The maximum absolute atomic E-state index is 6.45. The third-order valence-electron chi connectivity index (χ3n) is 5.12. The molecule has 126 valence electrons. The summed E-state index contributed by atoms with van der Waals surface area (Å²) in [5, 5.41) is 2.09. The maximum Gasteiger partial charge on any atom is 0.0461 e. The van der Waals surface area contributed by atoms with E-state index in [9.17, 15) is 0 Å². The number of benzene rings is 3. The van der Waals surface area contributed by atoms with Gasteiger partial charge in [-0.1, -0.05) is 54.1 Å². The van der Waals surface area contributed by atoms with E-state index in [-0.39, 0.29) is 0 Å². The molecule has 0 amide bonds. The molecule has 3 aromatic carbocycles. The standard InChI is InChI=1S/C24H18ClN/c25-20-13-18(16-6-2-1-3-7-16)12-19(14-20)17-10-11-24-22(15-17)21-8-4-5-9-23(21)26-24/h1-3,5-7,9-15,26H,4,8H2. The molecule has 0 saturated carbocycles. The Bertz CT molecular complexity index is 1140. The molecule has 1 aromatic heterocycles. The van der Waals surface area contributed by atoms with Gasteiger partial charge in [0, 0.05) is 21.6 Å². The Morgan fingerprint density at radius 2 is 1.58 bits per heavy atom. The number of hydrogen-bond donors (Lipinski definition) is 1. The average Bonchev–Trinajstić information content (AvgIpc) is 3.06. The van der Waals surface area contributed by atoms with E-state index in [2.05, 4.69) is 65.7 Å². The molecule has 1 aliphatic carbocycles. The minimum absolute atomic E-state index is 0.764. The van der Waals surface area contributed by atoms with Gasteiger partial charge in [0.05, 0.1) is 0 Å². The van der Waals surface area contributed by atoms with E-state index in [1.807, 2.05) is 18.2 Å². The highest BCUT2D eigenvalue weighted by Crippen LogP contribution is 2.34. The van der Waals surface area contributed by atoms with E-state index in [1.54, 1.807) is 0 Å². The summed E-state index contributed by atoms with van der Waals surface area (Å²) in [7, 11) is 0. The number of aromatic amines is 1. The Balaban J connectivity index is 1.66. The molecule has 0 atom stereocenters. The second-order valence-corrected chi connectivity index (χ2v) is 7.25. The Hall–Kier alpha value is -2.77. The van der Waals surface area contributed by atoms with Crippen LogP contribution in [0.4, 0.5) is 0 Å². The zero-order valence-electron chi connectivity index (χ0n) is 14.3. The van der Waals surface area contributed by atoms with Crippen molar-refractivity contribution in [1.82, 2.24) is 4.98 Å². The zero-order valence-corrected chi connectivity index (χ0v) is 15.1. The van der Waals surface area contributed by atoms with E-state index in [0.717, 1.165) is 29.0 Å². The second kappa shape index (κ2) is 6.19. The number of H-pyrrole nitrogens is 1. The molecular weight excluding hydrogens is 338 g/mol. The van der Waals surface area contributed by atoms with Crippen LogP contribution in [-0.2, 0) is 6.42 Å². The first kappa shape index (κ1) is 15.5. The SMILES string of the molecule is Clc1cc(-c2ccccc2)cc(-c2ccc3[nH]c4c(c3c2)CCC=C4)c1. The summed E-state index contributed by atoms with van der Waals surface area (Å²) >= 11 is 6.45. The highest BCUT2D eigenvalue weighted by molar-refractivity contribution is 6.31. The smallest absolute Gasteiger partial charge is 0.0461 e. The number of rotatable bonds is 2. The lowest BCUT2D eigenvalue weighted by molar-refractivity contribution is 0.992. The van der Waals surface area contributed by atoms with Crippen LogP contribution in [-0.4, -0.2) is 4.98 Å². The van der Waals surface area contributed by atoms with Crippen molar-refractivity contribution in [3.8, 4) is 22.3 Å². The van der Waals surface area contributed by atoms with Crippen molar-refractivity contribution in [2.45, 2.75) is 12.8 Å². The third-order valence-corrected chi connectivity index (χ3v) is 5.34. The van der Waals surface area contributed by atoms with Crippen LogP contribution < -0.4 is 0 Å². The molecule has 0 fully saturated rings. The van der Waals surface area contributed by atoms with Crippen LogP contribution in [0.1, 0.15) is 17.7 Å². The lowest BCUT2D eigenvalue weighted by atomic mass is 9.96. The third kappa shape index (κ3) is 2.65. The number of hydrogen-bond acceptors (Lipinski definition) is 0. The molecule has 1 aliphatic rings. The van der Waals surface area contributed by atoms with Crippen LogP contribution in [0, 0.1) is 0 Å². The first-order valence-electron chi connectivity index (χ1n) is 8.95. The molecule has 2 heteroatoms. The lowest BCUT2D eigenvalue weighted by Crippen LogP contribution is -1.90. The normalized spacial score (nSPS) is 13.1. The monoisotopic (exact) mass is 355 g/mol. The molecule has 1 nitrogen and oxygen atoms in total. The van der Waals surface area contributed by atoms with Crippen molar-refractivity contribution in [1.29, 1.82) is 0 Å². The van der Waals surface area contributed by atoms with E-state index in [4.69, 9.17) is 11.6 Å². The van der Waals surface area contributed by atoms with Gasteiger partial charge in [-0.2, -0.15) is 0 Å². The van der Waals surface area contributed by atoms with Gasteiger partial charge in [0.2, 0.25) is 0 Å². The molecule has 5 rings (SSSR count). The minimum Gasteiger partial charge on any atom is -0.355 e. The van der Waals surface area contributed by atoms with Gasteiger partial charge in [0.25, 0.3) is 0 Å². The number of fused-ring (bicyclic) bond motifs is 3. The molecule has 26 heavy (non-hydrogen) atoms. The fraction of sp³-hybridized carbons (Fsp3) is 0.0833. The van der Waals surface area contributed by atoms with Crippen LogP contribution >= 0.6 is 11.6 Å². The number of aromatic nitrogens is 1. The molecule has 1 heterocycles. The Labute approximate surface area is 158 Å². The van der Waals surface area contributed by atoms with Gasteiger partial charge in [-0.15, -0.1) is 0 Å². The molecule has 0 saturated heterocycles. The van der Waals surface area contributed by atoms with Crippen molar-refractivity contribution in [3.63, 3.8) is 0 Å². The predicted molar refractivity (Wildman–Crippen MR) is 112 cm³/mol. The summed E-state index contributed by atoms with van der Waals surface area (Å²) in [4.78, 5) is 3.53. The number of allylic oxidation sites excluding steroid dienone is 1. The van der Waals surface area contributed by atoms with E-state index >= 15 is 0 Å². The number of nitrogens with one attached hydrogen (secondary N) is 1. The van der Waals surface area contributed by atoms with Gasteiger partial charge in [-0.05, 0) is 77.1 Å². The molecule has 0 aliphatic heterocycles. The summed E-state index contributed by atoms with van der Waals surface area (Å²) in [6.45, 7) is 0. The minimum atomic E-state index is 0.764. The maximum atomic E-state index is 6.45. The largest absolute Gasteiger partial charge is 0.355 e. The molecule has 0 unspecified atom stereocenters. The van der Waals surface area contributed by atoms with Crippen molar-refractivity contribution in [3.05, 3.63) is 89.1 Å². The summed E-state index contributed by atoms with van der Waals surface area (Å²) in [6, 6.07) is 23.3. The molecule has 0 bridgehead atoms. The van der Waals surface area contributed by atoms with Crippen LogP contribution in [0.2, 0.25) is 5.02 Å².